The van der Waals surface area contributed by atoms with Crippen LogP contribution in [0.3, 0.4) is 0 Å². The quantitative estimate of drug-likeness (QED) is 0.623. The van der Waals surface area contributed by atoms with Gasteiger partial charge in [0.2, 0.25) is 0 Å². The molecule has 4 nitrogen and oxygen atoms in total. The molecule has 1 atom stereocenters. The van der Waals surface area contributed by atoms with E-state index in [9.17, 15) is 9.59 Å². The van der Waals surface area contributed by atoms with Crippen molar-refractivity contribution in [3.8, 4) is 0 Å². The number of nitrogens with one attached hydrogen (secondary N) is 1. The molecule has 0 unspecified atom stereocenters. The average molecular weight is 373 g/mol. The molecule has 3 aromatic carbocycles. The molecule has 0 saturated carbocycles. The predicted octanol–water partition coefficient (Wildman–Crippen LogP) is 3.49. The Hall–Kier alpha value is -3.24. The van der Waals surface area contributed by atoms with Crippen LogP contribution in [0, 0.1) is 6.92 Å². The van der Waals surface area contributed by atoms with E-state index in [1.54, 1.807) is 24.3 Å². The van der Waals surface area contributed by atoms with Crippen molar-refractivity contribution in [2.45, 2.75) is 19.9 Å². The SMILES string of the molecule is CC(=O)c1cccc(NC(=O)C[NH2+][C@H](c2ccccc2)c2ccc(C)cc2)c1. The van der Waals surface area contributed by atoms with Gasteiger partial charge in [0, 0.05) is 22.4 Å². The van der Waals surface area contributed by atoms with E-state index in [1.165, 1.54) is 12.5 Å². The van der Waals surface area contributed by atoms with E-state index in [4.69, 9.17) is 0 Å². The number of carbonyl (C=O) groups excluding carboxylic acids is 2. The molecule has 0 bridgehead atoms. The molecule has 0 aliphatic carbocycles. The molecule has 0 aliphatic rings. The van der Waals surface area contributed by atoms with Crippen molar-refractivity contribution in [3.63, 3.8) is 0 Å². The Bertz CT molecular complexity index is 950. The molecule has 0 radical (unpaired) electrons. The second-order valence-corrected chi connectivity index (χ2v) is 6.92. The number of amides is 1. The van der Waals surface area contributed by atoms with Gasteiger partial charge in [-0.3, -0.25) is 9.59 Å². The van der Waals surface area contributed by atoms with Crippen molar-refractivity contribution < 1.29 is 14.9 Å². The van der Waals surface area contributed by atoms with Crippen LogP contribution in [-0.4, -0.2) is 18.2 Å². The van der Waals surface area contributed by atoms with Gasteiger partial charge in [-0.05, 0) is 26.0 Å². The number of benzene rings is 3. The highest BCUT2D eigenvalue weighted by Crippen LogP contribution is 2.18. The van der Waals surface area contributed by atoms with E-state index < -0.39 is 0 Å². The Kier molecular flexibility index (Phi) is 6.35. The number of anilines is 1. The fraction of sp³-hybridized carbons (Fsp3) is 0.167. The van der Waals surface area contributed by atoms with Gasteiger partial charge in [0.1, 0.15) is 6.04 Å². The first kappa shape index (κ1) is 19.5. The van der Waals surface area contributed by atoms with E-state index in [1.807, 2.05) is 23.5 Å². The summed E-state index contributed by atoms with van der Waals surface area (Å²) < 4.78 is 0. The molecule has 0 aliphatic heterocycles. The highest BCUT2D eigenvalue weighted by Gasteiger charge is 2.19. The molecule has 0 heterocycles. The van der Waals surface area contributed by atoms with Crippen LogP contribution in [-0.2, 0) is 4.79 Å². The molecular formula is C24H25N2O2+. The van der Waals surface area contributed by atoms with Gasteiger partial charge in [-0.2, -0.15) is 0 Å². The molecule has 0 spiro atoms. The summed E-state index contributed by atoms with van der Waals surface area (Å²) in [6.07, 6.45) is 0. The van der Waals surface area contributed by atoms with Crippen LogP contribution in [0.5, 0.6) is 0 Å². The summed E-state index contributed by atoms with van der Waals surface area (Å²) in [6, 6.07) is 25.6. The molecule has 3 N–H and O–H groups in total. The maximum Gasteiger partial charge on any atom is 0.279 e. The van der Waals surface area contributed by atoms with Crippen molar-refractivity contribution in [1.82, 2.24) is 0 Å². The molecule has 0 aromatic heterocycles. The molecule has 0 fully saturated rings. The zero-order chi connectivity index (χ0) is 19.9. The number of hydrogen-bond acceptors (Lipinski definition) is 2. The first-order valence-corrected chi connectivity index (χ1v) is 9.38. The molecule has 142 valence electrons. The second kappa shape index (κ2) is 9.11. The van der Waals surface area contributed by atoms with Crippen LogP contribution in [0.1, 0.15) is 40.0 Å². The van der Waals surface area contributed by atoms with Gasteiger partial charge in [0.05, 0.1) is 0 Å². The fourth-order valence-electron chi connectivity index (χ4n) is 3.15. The molecule has 28 heavy (non-hydrogen) atoms. The molecule has 1 amide bonds. The van der Waals surface area contributed by atoms with E-state index >= 15 is 0 Å². The van der Waals surface area contributed by atoms with Crippen LogP contribution < -0.4 is 10.6 Å². The van der Waals surface area contributed by atoms with Crippen LogP contribution in [0.15, 0.2) is 78.9 Å². The summed E-state index contributed by atoms with van der Waals surface area (Å²) in [4.78, 5) is 24.0. The van der Waals surface area contributed by atoms with Crippen LogP contribution in [0.2, 0.25) is 0 Å². The van der Waals surface area contributed by atoms with Crippen LogP contribution in [0.4, 0.5) is 5.69 Å². The smallest absolute Gasteiger partial charge is 0.279 e. The largest absolute Gasteiger partial charge is 0.328 e. The molecule has 0 saturated heterocycles. The third kappa shape index (κ3) is 5.15. The van der Waals surface area contributed by atoms with Crippen LogP contribution >= 0.6 is 0 Å². The molecule has 4 heteroatoms. The summed E-state index contributed by atoms with van der Waals surface area (Å²) >= 11 is 0. The number of quaternary nitrogens is 1. The Labute approximate surface area is 165 Å². The Morgan fingerprint density at radius 1 is 0.893 bits per heavy atom. The number of carbonyl (C=O) groups is 2. The lowest BCUT2D eigenvalue weighted by Crippen LogP contribution is -2.87. The van der Waals surface area contributed by atoms with Gasteiger partial charge in [-0.25, -0.2) is 0 Å². The van der Waals surface area contributed by atoms with Crippen molar-refractivity contribution in [1.29, 1.82) is 0 Å². The number of rotatable bonds is 7. The lowest BCUT2D eigenvalue weighted by Gasteiger charge is -2.17. The van der Waals surface area contributed by atoms with Crippen molar-refractivity contribution in [3.05, 3.63) is 101 Å². The monoisotopic (exact) mass is 373 g/mol. The van der Waals surface area contributed by atoms with Gasteiger partial charge in [0.25, 0.3) is 5.91 Å². The normalized spacial score (nSPS) is 11.6. The second-order valence-electron chi connectivity index (χ2n) is 6.92. The van der Waals surface area contributed by atoms with Crippen molar-refractivity contribution in [2.75, 3.05) is 11.9 Å². The summed E-state index contributed by atoms with van der Waals surface area (Å²) in [6.45, 7) is 3.85. The average Bonchev–Trinajstić information content (AvgIpc) is 2.70. The minimum absolute atomic E-state index is 0.0221. The third-order valence-electron chi connectivity index (χ3n) is 4.69. The van der Waals surface area contributed by atoms with E-state index in [0.717, 1.165) is 11.1 Å². The standard InChI is InChI=1S/C24H24N2O2/c1-17-11-13-20(14-12-17)24(19-7-4-3-5-8-19)25-16-23(28)26-22-10-6-9-21(15-22)18(2)27/h3-15,24-25H,16H2,1-2H3,(H,26,28)/p+1/t24-/m1/s1. The number of Topliss-reactive ketones (excluding diaryl/α,β-unsaturated/α-hetero) is 1. The Morgan fingerprint density at radius 3 is 2.25 bits per heavy atom. The lowest BCUT2D eigenvalue weighted by molar-refractivity contribution is -0.676. The van der Waals surface area contributed by atoms with Gasteiger partial charge in [-0.1, -0.05) is 72.3 Å². The summed E-state index contributed by atoms with van der Waals surface area (Å²) in [5.41, 5.74) is 4.74. The fourth-order valence-corrected chi connectivity index (χ4v) is 3.15. The van der Waals surface area contributed by atoms with Crippen molar-refractivity contribution >= 4 is 17.4 Å². The highest BCUT2D eigenvalue weighted by molar-refractivity contribution is 5.97. The number of hydrogen-bond donors (Lipinski definition) is 2. The summed E-state index contributed by atoms with van der Waals surface area (Å²) in [5.74, 6) is -0.125. The lowest BCUT2D eigenvalue weighted by atomic mass is 9.98. The highest BCUT2D eigenvalue weighted by atomic mass is 16.2. The zero-order valence-electron chi connectivity index (χ0n) is 16.2. The van der Waals surface area contributed by atoms with Gasteiger partial charge in [0.15, 0.2) is 12.3 Å². The molecular weight excluding hydrogens is 348 g/mol. The maximum atomic E-state index is 12.5. The third-order valence-corrected chi connectivity index (χ3v) is 4.69. The number of ketones is 1. The molecule has 3 rings (SSSR count). The predicted molar refractivity (Wildman–Crippen MR) is 111 cm³/mol. The van der Waals surface area contributed by atoms with Crippen molar-refractivity contribution in [2.24, 2.45) is 0 Å². The van der Waals surface area contributed by atoms with Gasteiger partial charge >= 0.3 is 0 Å². The molecule has 3 aromatic rings. The number of nitrogens with two attached hydrogens (primary N) is 1. The Morgan fingerprint density at radius 2 is 1.57 bits per heavy atom. The minimum atomic E-state index is -0.103. The maximum absolute atomic E-state index is 12.5. The summed E-state index contributed by atoms with van der Waals surface area (Å²) in [5, 5.41) is 4.91. The van der Waals surface area contributed by atoms with Crippen LogP contribution in [0.25, 0.3) is 0 Å². The van der Waals surface area contributed by atoms with E-state index in [-0.39, 0.29) is 24.3 Å². The zero-order valence-corrected chi connectivity index (χ0v) is 16.2. The number of aryl methyl sites for hydroxylation is 1. The first-order chi connectivity index (χ1) is 13.5. The van der Waals surface area contributed by atoms with Gasteiger partial charge < -0.3 is 10.6 Å². The first-order valence-electron chi connectivity index (χ1n) is 9.38. The summed E-state index contributed by atoms with van der Waals surface area (Å²) in [7, 11) is 0. The minimum Gasteiger partial charge on any atom is -0.328 e. The van der Waals surface area contributed by atoms with Gasteiger partial charge in [-0.15, -0.1) is 0 Å². The Balaban J connectivity index is 1.71. The van der Waals surface area contributed by atoms with E-state index in [0.29, 0.717) is 11.3 Å². The van der Waals surface area contributed by atoms with E-state index in [2.05, 4.69) is 48.6 Å². The topological polar surface area (TPSA) is 62.8 Å².